The van der Waals surface area contributed by atoms with E-state index < -0.39 is 59.8 Å². The number of aryl methyl sites for hydroxylation is 1. The number of carbonyl (C=O) groups excluding carboxylic acids is 1. The van der Waals surface area contributed by atoms with Crippen molar-refractivity contribution in [2.24, 2.45) is 0 Å². The Balaban J connectivity index is 1.57. The summed E-state index contributed by atoms with van der Waals surface area (Å²) in [5.74, 6) is -0.905. The molecule has 0 saturated carbocycles. The molecule has 0 spiro atoms. The largest absolute Gasteiger partial charge is 0.505 e. The number of aliphatic hydroxyl groups is 2. The summed E-state index contributed by atoms with van der Waals surface area (Å²) in [7, 11) is 1.40. The smallest absolute Gasteiger partial charge is 0.364 e. The number of ether oxygens (including phenoxy) is 4. The van der Waals surface area contributed by atoms with Crippen molar-refractivity contribution in [3.63, 3.8) is 0 Å². The lowest BCUT2D eigenvalue weighted by Crippen LogP contribution is -2.63. The normalized spacial score (nSPS) is 23.4. The van der Waals surface area contributed by atoms with Gasteiger partial charge in [0.05, 0.1) is 22.7 Å². The van der Waals surface area contributed by atoms with Crippen LogP contribution in [-0.2, 0) is 14.3 Å². The van der Waals surface area contributed by atoms with Gasteiger partial charge in [-0.2, -0.15) is 4.37 Å². The van der Waals surface area contributed by atoms with Gasteiger partial charge in [-0.3, -0.25) is 4.79 Å². The number of aliphatic hydroxyl groups excluding tert-OH is 2. The number of hydrogen-bond acceptors (Lipinski definition) is 13. The van der Waals surface area contributed by atoms with Crippen molar-refractivity contribution in [2.45, 2.75) is 51.0 Å². The Morgan fingerprint density at radius 3 is 2.69 bits per heavy atom. The van der Waals surface area contributed by atoms with Crippen LogP contribution in [0.5, 0.6) is 17.4 Å². The lowest BCUT2D eigenvalue weighted by molar-refractivity contribution is -0.306. The first-order valence-corrected chi connectivity index (χ1v) is 11.5. The van der Waals surface area contributed by atoms with Crippen molar-refractivity contribution >= 4 is 34.3 Å². The van der Waals surface area contributed by atoms with Crippen molar-refractivity contribution in [1.29, 1.82) is 0 Å². The molecular weight excluding hydrogens is 498 g/mol. The van der Waals surface area contributed by atoms with Crippen LogP contribution >= 0.6 is 11.7 Å². The molecular formula is C22H25N3O10S. The number of benzene rings is 1. The van der Waals surface area contributed by atoms with Crippen LogP contribution in [0.15, 0.2) is 27.5 Å². The molecule has 14 heteroatoms. The summed E-state index contributed by atoms with van der Waals surface area (Å²) in [6, 6.07) is 2.89. The Morgan fingerprint density at radius 1 is 1.28 bits per heavy atom. The molecule has 3 heterocycles. The number of anilines is 1. The number of fused-ring (bicyclic) bond motifs is 1. The van der Waals surface area contributed by atoms with E-state index in [0.29, 0.717) is 5.56 Å². The number of aromatic hydroxyl groups is 1. The zero-order valence-electron chi connectivity index (χ0n) is 19.8. The minimum atomic E-state index is -1.43. The first-order chi connectivity index (χ1) is 17.0. The summed E-state index contributed by atoms with van der Waals surface area (Å²) in [4.78, 5) is 24.8. The molecule has 2 aromatic heterocycles. The molecule has 4 atom stereocenters. The van der Waals surface area contributed by atoms with E-state index in [1.54, 1.807) is 20.8 Å². The van der Waals surface area contributed by atoms with Crippen LogP contribution in [0.4, 0.5) is 5.69 Å². The lowest BCUT2D eigenvalue weighted by atomic mass is 9.89. The van der Waals surface area contributed by atoms with Gasteiger partial charge in [-0.25, -0.2) is 4.79 Å². The van der Waals surface area contributed by atoms with Crippen molar-refractivity contribution in [2.75, 3.05) is 19.0 Å². The van der Waals surface area contributed by atoms with Gasteiger partial charge in [-0.15, -0.1) is 4.37 Å². The molecule has 0 bridgehead atoms. The predicted octanol–water partition coefficient (Wildman–Crippen LogP) is 0.927. The Bertz CT molecular complexity index is 1310. The number of nitrogens with one attached hydrogen (secondary N) is 1. The summed E-state index contributed by atoms with van der Waals surface area (Å²) in [5.41, 5.74) is -2.13. The van der Waals surface area contributed by atoms with E-state index in [1.165, 1.54) is 25.4 Å². The molecule has 4 N–H and O–H groups in total. The average molecular weight is 524 g/mol. The Hall–Kier alpha value is -3.30. The number of amides is 1. The van der Waals surface area contributed by atoms with Crippen LogP contribution in [0.3, 0.4) is 0 Å². The van der Waals surface area contributed by atoms with E-state index in [0.717, 1.165) is 11.7 Å². The second-order valence-electron chi connectivity index (χ2n) is 8.61. The molecule has 1 fully saturated rings. The molecule has 36 heavy (non-hydrogen) atoms. The summed E-state index contributed by atoms with van der Waals surface area (Å²) < 4.78 is 34.9. The third-order valence-electron chi connectivity index (χ3n) is 5.74. The summed E-state index contributed by atoms with van der Waals surface area (Å²) in [5, 5.41) is 34.0. The fraction of sp³-hybridized carbons (Fsp3) is 0.455. The fourth-order valence-electron chi connectivity index (χ4n) is 3.97. The van der Waals surface area contributed by atoms with Crippen molar-refractivity contribution < 1.29 is 43.5 Å². The standard InChI is InChI=1S/C22H25N3O10S/c1-9-11(33-21-17(29)16(28)19(31-4)22(2,3)35-21)6-5-10-15(27)14(20(30)34-18(9)10)24-12(26)8-32-13-7-23-36-25-13/h5-7,16-17,19,21,27-29H,8H2,1-4H3,(H,24,26)/t16-,17+,19+,21+/m0/s1. The number of methoxy groups -OCH3 is 1. The zero-order valence-corrected chi connectivity index (χ0v) is 20.6. The third-order valence-corrected chi connectivity index (χ3v) is 6.21. The summed E-state index contributed by atoms with van der Waals surface area (Å²) in [6.07, 6.45) is -3.44. The van der Waals surface area contributed by atoms with Crippen molar-refractivity contribution in [1.82, 2.24) is 8.75 Å². The molecule has 1 aromatic carbocycles. The van der Waals surface area contributed by atoms with Gasteiger partial charge in [0.25, 0.3) is 5.91 Å². The van der Waals surface area contributed by atoms with Crippen LogP contribution in [0.1, 0.15) is 19.4 Å². The number of hydrogen-bond donors (Lipinski definition) is 4. The van der Waals surface area contributed by atoms with Gasteiger partial charge >= 0.3 is 5.63 Å². The van der Waals surface area contributed by atoms with Gasteiger partial charge in [0.2, 0.25) is 12.2 Å². The van der Waals surface area contributed by atoms with E-state index in [2.05, 4.69) is 14.1 Å². The molecule has 1 saturated heterocycles. The van der Waals surface area contributed by atoms with Crippen molar-refractivity contribution in [3.8, 4) is 17.4 Å². The van der Waals surface area contributed by atoms with Gasteiger partial charge < -0.3 is 44.0 Å². The first kappa shape index (κ1) is 25.8. The predicted molar refractivity (Wildman–Crippen MR) is 125 cm³/mol. The second kappa shape index (κ2) is 9.99. The summed E-state index contributed by atoms with van der Waals surface area (Å²) in [6.45, 7) is 4.48. The van der Waals surface area contributed by atoms with E-state index in [1.807, 2.05) is 0 Å². The highest BCUT2D eigenvalue weighted by Crippen LogP contribution is 2.37. The maximum Gasteiger partial charge on any atom is 0.364 e. The minimum absolute atomic E-state index is 0.00216. The Kier molecular flexibility index (Phi) is 7.15. The average Bonchev–Trinajstić information content (AvgIpc) is 3.34. The quantitative estimate of drug-likeness (QED) is 0.322. The van der Waals surface area contributed by atoms with Gasteiger partial charge in [-0.05, 0) is 32.9 Å². The van der Waals surface area contributed by atoms with E-state index in [4.69, 9.17) is 23.4 Å². The second-order valence-corrected chi connectivity index (χ2v) is 9.16. The molecule has 0 aliphatic carbocycles. The molecule has 13 nitrogen and oxygen atoms in total. The van der Waals surface area contributed by atoms with Crippen molar-refractivity contribution in [3.05, 3.63) is 34.3 Å². The van der Waals surface area contributed by atoms with E-state index in [9.17, 15) is 24.9 Å². The van der Waals surface area contributed by atoms with Gasteiger partial charge in [0.15, 0.2) is 18.0 Å². The lowest BCUT2D eigenvalue weighted by Gasteiger charge is -2.46. The number of rotatable bonds is 7. The van der Waals surface area contributed by atoms with Crippen LogP contribution in [0.25, 0.3) is 11.0 Å². The highest BCUT2D eigenvalue weighted by molar-refractivity contribution is 6.99. The van der Waals surface area contributed by atoms with Crippen LogP contribution in [0.2, 0.25) is 0 Å². The first-order valence-electron chi connectivity index (χ1n) is 10.8. The van der Waals surface area contributed by atoms with E-state index in [-0.39, 0.29) is 22.6 Å². The topological polar surface area (TPSA) is 183 Å². The number of aromatic nitrogens is 2. The maximum absolute atomic E-state index is 12.6. The van der Waals surface area contributed by atoms with Crippen LogP contribution < -0.4 is 20.4 Å². The molecule has 194 valence electrons. The molecule has 0 unspecified atom stereocenters. The van der Waals surface area contributed by atoms with Crippen LogP contribution in [0, 0.1) is 6.92 Å². The van der Waals surface area contributed by atoms with Gasteiger partial charge in [0, 0.05) is 12.7 Å². The number of carbonyl (C=O) groups is 1. The zero-order chi connectivity index (χ0) is 26.2. The highest BCUT2D eigenvalue weighted by Gasteiger charge is 2.50. The molecule has 1 amide bonds. The third kappa shape index (κ3) is 4.85. The molecule has 0 radical (unpaired) electrons. The summed E-state index contributed by atoms with van der Waals surface area (Å²) >= 11 is 0.904. The molecule has 1 aliphatic heterocycles. The molecule has 1 aliphatic rings. The van der Waals surface area contributed by atoms with Gasteiger partial charge in [0.1, 0.15) is 35.8 Å². The minimum Gasteiger partial charge on any atom is -0.505 e. The Labute approximate surface area is 208 Å². The monoisotopic (exact) mass is 523 g/mol. The van der Waals surface area contributed by atoms with Gasteiger partial charge in [-0.1, -0.05) is 0 Å². The fourth-order valence-corrected chi connectivity index (χ4v) is 4.33. The number of nitrogens with zero attached hydrogens (tertiary/aromatic N) is 2. The Morgan fingerprint density at radius 2 is 2.03 bits per heavy atom. The maximum atomic E-state index is 12.6. The molecule has 3 aromatic rings. The van der Waals surface area contributed by atoms with E-state index >= 15 is 0 Å². The SMILES string of the molecule is CO[C@@H]1[C@@H](O)[C@@H](O)[C@H](Oc2ccc3c(O)c(NC(=O)COc4cnsn4)c(=O)oc3c2C)OC1(C)C. The molecule has 4 rings (SSSR count). The van der Waals surface area contributed by atoms with Crippen LogP contribution in [-0.4, -0.2) is 73.9 Å². The highest BCUT2D eigenvalue weighted by atomic mass is 32.1.